The number of methoxy groups -OCH3 is 1. The van der Waals surface area contributed by atoms with E-state index in [-0.39, 0.29) is 18.0 Å². The highest BCUT2D eigenvalue weighted by atomic mass is 16.5. The highest BCUT2D eigenvalue weighted by Gasteiger charge is 2.22. The van der Waals surface area contributed by atoms with Gasteiger partial charge in [0, 0.05) is 32.3 Å². The summed E-state index contributed by atoms with van der Waals surface area (Å²) in [6.45, 7) is 10.4. The summed E-state index contributed by atoms with van der Waals surface area (Å²) < 4.78 is 5.11. The van der Waals surface area contributed by atoms with Crippen molar-refractivity contribution >= 4 is 5.91 Å². The summed E-state index contributed by atoms with van der Waals surface area (Å²) in [7, 11) is 1.69. The topological polar surface area (TPSA) is 67.6 Å². The summed E-state index contributed by atoms with van der Waals surface area (Å²) in [5.41, 5.74) is 5.44. The number of hydrogen-bond acceptors (Lipinski definition) is 4. The zero-order valence-electron chi connectivity index (χ0n) is 12.4. The van der Waals surface area contributed by atoms with Gasteiger partial charge in [-0.1, -0.05) is 20.8 Å². The maximum atomic E-state index is 11.5. The van der Waals surface area contributed by atoms with Crippen molar-refractivity contribution in [3.05, 3.63) is 0 Å². The smallest absolute Gasteiger partial charge is 0.235 e. The van der Waals surface area contributed by atoms with Crippen LogP contribution in [-0.2, 0) is 9.53 Å². The summed E-state index contributed by atoms with van der Waals surface area (Å²) in [6, 6.07) is 0.343. The van der Waals surface area contributed by atoms with E-state index in [0.717, 1.165) is 13.0 Å². The largest absolute Gasteiger partial charge is 0.383 e. The zero-order valence-corrected chi connectivity index (χ0v) is 12.4. The van der Waals surface area contributed by atoms with Gasteiger partial charge < -0.3 is 15.8 Å². The summed E-state index contributed by atoms with van der Waals surface area (Å²) >= 11 is 0. The van der Waals surface area contributed by atoms with Crippen LogP contribution in [0.5, 0.6) is 0 Å². The predicted octanol–water partition coefficient (Wildman–Crippen LogP) is 0.585. The second kappa shape index (κ2) is 9.30. The first-order valence-corrected chi connectivity index (χ1v) is 6.70. The predicted molar refractivity (Wildman–Crippen MR) is 74.5 cm³/mol. The van der Waals surface area contributed by atoms with Crippen molar-refractivity contribution in [2.45, 2.75) is 52.2 Å². The molecule has 108 valence electrons. The number of nitrogens with one attached hydrogen (secondary N) is 1. The molecule has 0 aromatic carbocycles. The van der Waals surface area contributed by atoms with E-state index < -0.39 is 0 Å². The number of carbonyl (C=O) groups excluding carboxylic acids is 1. The average Bonchev–Trinajstić information content (AvgIpc) is 2.31. The van der Waals surface area contributed by atoms with Gasteiger partial charge in [-0.15, -0.1) is 0 Å². The molecular weight excluding hydrogens is 230 g/mol. The van der Waals surface area contributed by atoms with Crippen molar-refractivity contribution in [2.24, 2.45) is 5.73 Å². The first-order chi connectivity index (χ1) is 8.42. The number of ether oxygens (including phenoxy) is 1. The first kappa shape index (κ1) is 17.4. The molecule has 0 rings (SSSR count). The lowest BCUT2D eigenvalue weighted by atomic mass is 10.1. The number of hydrogen-bond donors (Lipinski definition) is 2. The normalized spacial score (nSPS) is 15.1. The van der Waals surface area contributed by atoms with Gasteiger partial charge in [0.05, 0.1) is 12.6 Å². The van der Waals surface area contributed by atoms with Crippen molar-refractivity contribution in [2.75, 3.05) is 26.8 Å². The van der Waals surface area contributed by atoms with Crippen LogP contribution in [0.4, 0.5) is 0 Å². The fourth-order valence-electron chi connectivity index (χ4n) is 1.82. The third-order valence-electron chi connectivity index (χ3n) is 3.09. The Morgan fingerprint density at radius 3 is 2.39 bits per heavy atom. The van der Waals surface area contributed by atoms with E-state index in [9.17, 15) is 4.79 Å². The van der Waals surface area contributed by atoms with Gasteiger partial charge >= 0.3 is 0 Å². The number of primary amides is 1. The molecule has 0 heterocycles. The Morgan fingerprint density at radius 2 is 2.00 bits per heavy atom. The summed E-state index contributed by atoms with van der Waals surface area (Å²) in [5, 5.41) is 3.21. The van der Waals surface area contributed by atoms with E-state index in [1.54, 1.807) is 7.11 Å². The molecule has 0 aromatic rings. The molecule has 0 aromatic heterocycles. The van der Waals surface area contributed by atoms with Crippen molar-refractivity contribution in [3.63, 3.8) is 0 Å². The van der Waals surface area contributed by atoms with Gasteiger partial charge in [-0.3, -0.25) is 9.69 Å². The first-order valence-electron chi connectivity index (χ1n) is 6.70. The summed E-state index contributed by atoms with van der Waals surface area (Å²) in [5.74, 6) is -0.297. The van der Waals surface area contributed by atoms with Crippen molar-refractivity contribution in [3.8, 4) is 0 Å². The van der Waals surface area contributed by atoms with Crippen LogP contribution in [0.2, 0.25) is 0 Å². The molecule has 0 saturated carbocycles. The molecule has 0 spiro atoms. The Bertz CT molecular complexity index is 234. The molecule has 18 heavy (non-hydrogen) atoms. The molecule has 3 N–H and O–H groups in total. The van der Waals surface area contributed by atoms with Crippen LogP contribution in [0.1, 0.15) is 34.1 Å². The molecule has 0 bridgehead atoms. The highest BCUT2D eigenvalue weighted by molar-refractivity contribution is 5.80. The maximum absolute atomic E-state index is 11.5. The summed E-state index contributed by atoms with van der Waals surface area (Å²) in [4.78, 5) is 13.7. The van der Waals surface area contributed by atoms with E-state index in [1.165, 1.54) is 0 Å². The Hall–Kier alpha value is -0.650. The lowest BCUT2D eigenvalue weighted by molar-refractivity contribution is -0.120. The number of amides is 1. The van der Waals surface area contributed by atoms with E-state index in [1.807, 2.05) is 13.8 Å². The monoisotopic (exact) mass is 259 g/mol. The Morgan fingerprint density at radius 1 is 1.39 bits per heavy atom. The minimum absolute atomic E-state index is 0.240. The standard InChI is InChI=1S/C13H29N3O2/c1-6-11(4)16(7-8-18-5)9-12(13(14)17)15-10(2)3/h10-12,15H,6-9H2,1-5H3,(H2,14,17). The number of nitrogens with zero attached hydrogens (tertiary/aromatic N) is 1. The van der Waals surface area contributed by atoms with Crippen molar-refractivity contribution in [1.29, 1.82) is 0 Å². The van der Waals surface area contributed by atoms with E-state index in [2.05, 4.69) is 24.1 Å². The van der Waals surface area contributed by atoms with Crippen LogP contribution in [-0.4, -0.2) is 55.7 Å². The third kappa shape index (κ3) is 6.93. The van der Waals surface area contributed by atoms with Gasteiger partial charge in [0.1, 0.15) is 0 Å². The molecule has 0 fully saturated rings. The van der Waals surface area contributed by atoms with Crippen LogP contribution >= 0.6 is 0 Å². The molecule has 1 amide bonds. The molecule has 2 unspecified atom stereocenters. The molecule has 2 atom stereocenters. The quantitative estimate of drug-likeness (QED) is 0.602. The minimum Gasteiger partial charge on any atom is -0.383 e. The maximum Gasteiger partial charge on any atom is 0.235 e. The van der Waals surface area contributed by atoms with Crippen LogP contribution in [0.3, 0.4) is 0 Å². The van der Waals surface area contributed by atoms with E-state index >= 15 is 0 Å². The molecule has 5 heteroatoms. The average molecular weight is 259 g/mol. The second-order valence-electron chi connectivity index (χ2n) is 5.02. The van der Waals surface area contributed by atoms with Crippen LogP contribution in [0.15, 0.2) is 0 Å². The van der Waals surface area contributed by atoms with Gasteiger partial charge in [-0.2, -0.15) is 0 Å². The van der Waals surface area contributed by atoms with Crippen LogP contribution < -0.4 is 11.1 Å². The van der Waals surface area contributed by atoms with Crippen LogP contribution in [0, 0.1) is 0 Å². The molecule has 0 aliphatic heterocycles. The fourth-order valence-corrected chi connectivity index (χ4v) is 1.82. The van der Waals surface area contributed by atoms with Gasteiger partial charge in [-0.05, 0) is 13.3 Å². The van der Waals surface area contributed by atoms with Crippen molar-refractivity contribution in [1.82, 2.24) is 10.2 Å². The molecular formula is C13H29N3O2. The van der Waals surface area contributed by atoms with E-state index in [4.69, 9.17) is 10.5 Å². The molecule has 0 aliphatic carbocycles. The lowest BCUT2D eigenvalue weighted by Gasteiger charge is -2.31. The Balaban J connectivity index is 4.52. The molecule has 0 saturated heterocycles. The fraction of sp³-hybridized carbons (Fsp3) is 0.923. The Labute approximate surface area is 111 Å². The molecule has 5 nitrogen and oxygen atoms in total. The number of nitrogens with two attached hydrogens (primary N) is 1. The summed E-state index contributed by atoms with van der Waals surface area (Å²) in [6.07, 6.45) is 1.04. The van der Waals surface area contributed by atoms with Crippen LogP contribution in [0.25, 0.3) is 0 Å². The second-order valence-corrected chi connectivity index (χ2v) is 5.02. The minimum atomic E-state index is -0.309. The van der Waals surface area contributed by atoms with Gasteiger partial charge in [-0.25, -0.2) is 0 Å². The van der Waals surface area contributed by atoms with E-state index in [0.29, 0.717) is 19.2 Å². The third-order valence-corrected chi connectivity index (χ3v) is 3.09. The molecule has 0 aliphatic rings. The molecule has 0 radical (unpaired) electrons. The zero-order chi connectivity index (χ0) is 14.1. The van der Waals surface area contributed by atoms with Gasteiger partial charge in [0.2, 0.25) is 5.91 Å². The van der Waals surface area contributed by atoms with Gasteiger partial charge in [0.25, 0.3) is 0 Å². The number of rotatable bonds is 10. The SMILES string of the molecule is CCC(C)N(CCOC)CC(NC(C)C)C(N)=O. The highest BCUT2D eigenvalue weighted by Crippen LogP contribution is 2.05. The van der Waals surface area contributed by atoms with Gasteiger partial charge in [0.15, 0.2) is 0 Å². The van der Waals surface area contributed by atoms with Crippen molar-refractivity contribution < 1.29 is 9.53 Å². The Kier molecular flexibility index (Phi) is 8.97. The number of carbonyl (C=O) groups is 1. The lowest BCUT2D eigenvalue weighted by Crippen LogP contribution is -2.53.